The molecule has 18 heavy (non-hydrogen) atoms. The lowest BCUT2D eigenvalue weighted by molar-refractivity contribution is 0.129. The molecule has 1 aromatic rings. The van der Waals surface area contributed by atoms with Gasteiger partial charge in [0.1, 0.15) is 4.90 Å². The van der Waals surface area contributed by atoms with Crippen LogP contribution in [0.15, 0.2) is 4.90 Å². The van der Waals surface area contributed by atoms with Crippen molar-refractivity contribution in [2.75, 3.05) is 12.3 Å². The monoisotopic (exact) mass is 276 g/mol. The molecule has 1 rings (SSSR count). The molecule has 4 N–H and O–H groups in total. The first-order valence-corrected chi connectivity index (χ1v) is 7.12. The number of anilines is 1. The Hall–Kier alpha value is -1.12. The fourth-order valence-corrected chi connectivity index (χ4v) is 2.82. The highest BCUT2D eigenvalue weighted by Crippen LogP contribution is 2.20. The van der Waals surface area contributed by atoms with E-state index in [2.05, 4.69) is 9.82 Å². The molecule has 0 fully saturated rings. The van der Waals surface area contributed by atoms with E-state index in [0.29, 0.717) is 5.69 Å². The summed E-state index contributed by atoms with van der Waals surface area (Å²) in [5.41, 5.74) is 6.04. The third-order valence-electron chi connectivity index (χ3n) is 2.83. The second-order valence-corrected chi connectivity index (χ2v) is 6.29. The fraction of sp³-hybridized carbons (Fsp3) is 0.700. The first kappa shape index (κ1) is 14.9. The van der Waals surface area contributed by atoms with Gasteiger partial charge in [0, 0.05) is 13.6 Å². The Kier molecular flexibility index (Phi) is 4.36. The Bertz CT molecular complexity index is 521. The standard InChI is InChI=1S/C10H20N4O3S/c1-6(2)8(15)5-12-18(16,17)9-7(3)14(4)13-10(9)11/h6,8,12,15H,5H2,1-4H3,(H2,11,13). The van der Waals surface area contributed by atoms with Crippen LogP contribution < -0.4 is 10.5 Å². The number of aliphatic hydroxyl groups excluding tert-OH is 1. The van der Waals surface area contributed by atoms with E-state index >= 15 is 0 Å². The van der Waals surface area contributed by atoms with Crippen molar-refractivity contribution in [1.29, 1.82) is 0 Å². The van der Waals surface area contributed by atoms with Crippen molar-refractivity contribution in [3.63, 3.8) is 0 Å². The Labute approximate surface area is 107 Å². The molecular formula is C10H20N4O3S. The second-order valence-electron chi connectivity index (χ2n) is 4.59. The third kappa shape index (κ3) is 3.01. The highest BCUT2D eigenvalue weighted by Gasteiger charge is 2.25. The molecule has 0 bridgehead atoms. The zero-order valence-electron chi connectivity index (χ0n) is 11.0. The summed E-state index contributed by atoms with van der Waals surface area (Å²) in [6, 6.07) is 0. The third-order valence-corrected chi connectivity index (χ3v) is 4.41. The van der Waals surface area contributed by atoms with Gasteiger partial charge in [-0.2, -0.15) is 5.10 Å². The number of nitrogens with two attached hydrogens (primary N) is 1. The molecule has 7 nitrogen and oxygen atoms in total. The maximum atomic E-state index is 12.1. The quantitative estimate of drug-likeness (QED) is 0.678. The van der Waals surface area contributed by atoms with Gasteiger partial charge in [0.15, 0.2) is 5.82 Å². The Balaban J connectivity index is 2.94. The van der Waals surface area contributed by atoms with Crippen LogP contribution in [0.1, 0.15) is 19.5 Å². The maximum absolute atomic E-state index is 12.1. The Morgan fingerprint density at radius 3 is 2.44 bits per heavy atom. The molecule has 0 radical (unpaired) electrons. The molecule has 0 spiro atoms. The fourth-order valence-electron chi connectivity index (χ4n) is 1.45. The van der Waals surface area contributed by atoms with Crippen molar-refractivity contribution < 1.29 is 13.5 Å². The lowest BCUT2D eigenvalue weighted by Gasteiger charge is -2.15. The number of aliphatic hydroxyl groups is 1. The lowest BCUT2D eigenvalue weighted by atomic mass is 10.1. The molecule has 1 unspecified atom stereocenters. The van der Waals surface area contributed by atoms with Crippen LogP contribution in [0.5, 0.6) is 0 Å². The number of aromatic nitrogens is 2. The molecule has 1 atom stereocenters. The van der Waals surface area contributed by atoms with Crippen molar-refractivity contribution in [2.24, 2.45) is 13.0 Å². The van der Waals surface area contributed by atoms with E-state index in [1.54, 1.807) is 14.0 Å². The van der Waals surface area contributed by atoms with Gasteiger partial charge in [-0.3, -0.25) is 4.68 Å². The summed E-state index contributed by atoms with van der Waals surface area (Å²) < 4.78 is 27.9. The van der Waals surface area contributed by atoms with Crippen LogP contribution in [0.25, 0.3) is 0 Å². The van der Waals surface area contributed by atoms with Crippen molar-refractivity contribution in [1.82, 2.24) is 14.5 Å². The summed E-state index contributed by atoms with van der Waals surface area (Å²) >= 11 is 0. The van der Waals surface area contributed by atoms with Crippen LogP contribution in [0.3, 0.4) is 0 Å². The van der Waals surface area contributed by atoms with E-state index in [1.165, 1.54) is 4.68 Å². The molecule has 0 aromatic carbocycles. The van der Waals surface area contributed by atoms with E-state index < -0.39 is 16.1 Å². The minimum absolute atomic E-state index is 0.0269. The van der Waals surface area contributed by atoms with Gasteiger partial charge in [-0.1, -0.05) is 13.8 Å². The predicted octanol–water partition coefficient (Wildman–Crippen LogP) is -0.394. The molecule has 0 aliphatic heterocycles. The zero-order valence-corrected chi connectivity index (χ0v) is 11.8. The highest BCUT2D eigenvalue weighted by molar-refractivity contribution is 7.89. The van der Waals surface area contributed by atoms with E-state index in [4.69, 9.17) is 5.73 Å². The number of hydrogen-bond acceptors (Lipinski definition) is 5. The summed E-state index contributed by atoms with van der Waals surface area (Å²) in [5.74, 6) is -0.0680. The van der Waals surface area contributed by atoms with Gasteiger partial charge in [0.25, 0.3) is 0 Å². The first-order valence-electron chi connectivity index (χ1n) is 5.63. The van der Waals surface area contributed by atoms with Crippen LogP contribution >= 0.6 is 0 Å². The minimum atomic E-state index is -3.75. The zero-order chi connectivity index (χ0) is 14.1. The van der Waals surface area contributed by atoms with E-state index in [9.17, 15) is 13.5 Å². The van der Waals surface area contributed by atoms with Crippen molar-refractivity contribution in [3.05, 3.63) is 5.69 Å². The predicted molar refractivity (Wildman–Crippen MR) is 68.4 cm³/mol. The van der Waals surface area contributed by atoms with Crippen molar-refractivity contribution in [3.8, 4) is 0 Å². The number of sulfonamides is 1. The average Bonchev–Trinajstić information content (AvgIpc) is 2.50. The smallest absolute Gasteiger partial charge is 0.246 e. The van der Waals surface area contributed by atoms with Crippen molar-refractivity contribution >= 4 is 15.8 Å². The molecule has 104 valence electrons. The molecule has 1 heterocycles. The Morgan fingerprint density at radius 2 is 2.06 bits per heavy atom. The molecule has 0 saturated carbocycles. The van der Waals surface area contributed by atoms with Crippen molar-refractivity contribution in [2.45, 2.75) is 31.8 Å². The number of rotatable bonds is 5. The van der Waals surface area contributed by atoms with Crippen LogP contribution in [-0.2, 0) is 17.1 Å². The summed E-state index contributed by atoms with van der Waals surface area (Å²) in [5, 5.41) is 13.5. The van der Waals surface area contributed by atoms with Gasteiger partial charge in [0.05, 0.1) is 11.8 Å². The Morgan fingerprint density at radius 1 is 1.50 bits per heavy atom. The van der Waals surface area contributed by atoms with Gasteiger partial charge in [0.2, 0.25) is 10.0 Å². The minimum Gasteiger partial charge on any atom is -0.391 e. The summed E-state index contributed by atoms with van der Waals surface area (Å²) in [6.07, 6.45) is -0.738. The number of nitrogens with zero attached hydrogens (tertiary/aromatic N) is 2. The molecule has 0 saturated heterocycles. The van der Waals surface area contributed by atoms with E-state index in [-0.39, 0.29) is 23.2 Å². The number of hydrogen-bond donors (Lipinski definition) is 3. The van der Waals surface area contributed by atoms with E-state index in [1.807, 2.05) is 13.8 Å². The van der Waals surface area contributed by atoms with Crippen LogP contribution in [0.4, 0.5) is 5.82 Å². The lowest BCUT2D eigenvalue weighted by Crippen LogP contribution is -2.35. The van der Waals surface area contributed by atoms with Gasteiger partial charge >= 0.3 is 0 Å². The SMILES string of the molecule is Cc1c(S(=O)(=O)NCC(O)C(C)C)c(N)nn1C. The van der Waals surface area contributed by atoms with Gasteiger partial charge in [-0.25, -0.2) is 13.1 Å². The van der Waals surface area contributed by atoms with Gasteiger partial charge < -0.3 is 10.8 Å². The van der Waals surface area contributed by atoms with Crippen LogP contribution in [0, 0.1) is 12.8 Å². The summed E-state index contributed by atoms with van der Waals surface area (Å²) in [6.45, 7) is 5.19. The average molecular weight is 276 g/mol. The molecule has 0 aliphatic rings. The maximum Gasteiger partial charge on any atom is 0.246 e. The molecule has 8 heteroatoms. The molecular weight excluding hydrogens is 256 g/mol. The highest BCUT2D eigenvalue weighted by atomic mass is 32.2. The molecule has 0 aliphatic carbocycles. The number of nitrogens with one attached hydrogen (secondary N) is 1. The largest absolute Gasteiger partial charge is 0.391 e. The van der Waals surface area contributed by atoms with E-state index in [0.717, 1.165) is 0 Å². The second kappa shape index (κ2) is 5.25. The number of aryl methyl sites for hydroxylation is 1. The molecule has 1 aromatic heterocycles. The normalized spacial score (nSPS) is 14.1. The summed E-state index contributed by atoms with van der Waals surface area (Å²) in [7, 11) is -2.13. The molecule has 0 amide bonds. The topological polar surface area (TPSA) is 110 Å². The number of nitrogen functional groups attached to an aromatic ring is 1. The first-order chi connectivity index (χ1) is 8.16. The van der Waals surface area contributed by atoms with Gasteiger partial charge in [-0.05, 0) is 12.8 Å². The van der Waals surface area contributed by atoms with Crippen LogP contribution in [-0.4, -0.2) is 36.0 Å². The van der Waals surface area contributed by atoms with Gasteiger partial charge in [-0.15, -0.1) is 0 Å². The van der Waals surface area contributed by atoms with Crippen LogP contribution in [0.2, 0.25) is 0 Å². The summed E-state index contributed by atoms with van der Waals surface area (Å²) in [4.78, 5) is -0.0269.